The molecule has 0 fully saturated rings. The zero-order valence-electron chi connectivity index (χ0n) is 20.7. The number of hydrogen-bond acceptors (Lipinski definition) is 2. The van der Waals surface area contributed by atoms with Crippen molar-refractivity contribution in [3.05, 3.63) is 88.5 Å². The smallest absolute Gasteiger partial charge is 0.378 e. The Balaban J connectivity index is 2.20. The van der Waals surface area contributed by atoms with Crippen LogP contribution in [0.2, 0.25) is 0 Å². The number of halogens is 6. The molecule has 0 amide bonds. The molecule has 0 radical (unpaired) electrons. The number of hydrogen-bond donors (Lipinski definition) is 1. The Hall–Kier alpha value is -2.74. The average molecular weight is 512 g/mol. The van der Waals surface area contributed by atoms with E-state index < -0.39 is 35.9 Å². The fraction of sp³-hybridized carbons (Fsp3) is 0.429. The molecule has 0 heterocycles. The molecule has 196 valence electrons. The molecular weight excluding hydrogens is 480 g/mol. The molecule has 36 heavy (non-hydrogen) atoms. The fourth-order valence-corrected chi connectivity index (χ4v) is 4.64. The summed E-state index contributed by atoms with van der Waals surface area (Å²) in [5, 5.41) is 12.1. The highest BCUT2D eigenvalue weighted by atomic mass is 19.4. The van der Waals surface area contributed by atoms with Gasteiger partial charge in [0.2, 0.25) is 0 Å². The molecule has 1 aliphatic rings. The lowest BCUT2D eigenvalue weighted by Gasteiger charge is -2.37. The van der Waals surface area contributed by atoms with Crippen LogP contribution >= 0.6 is 0 Å². The Morgan fingerprint density at radius 3 is 1.89 bits per heavy atom. The first kappa shape index (κ1) is 27.8. The molecule has 1 N–H and O–H groups in total. The molecule has 3 rings (SSSR count). The van der Waals surface area contributed by atoms with Crippen LogP contribution in [0.3, 0.4) is 0 Å². The SMILES string of the molecule is CCCC(C)c1ccc(C(O)(C2=CC(C(F)(F)F)=CC(C(F)(F)F)C2)c2ccc(N(C)C)cc2)cc1. The normalized spacial score (nSPS) is 19.2. The number of anilines is 1. The molecule has 0 aliphatic heterocycles. The summed E-state index contributed by atoms with van der Waals surface area (Å²) in [6.45, 7) is 4.10. The van der Waals surface area contributed by atoms with Crippen molar-refractivity contribution in [1.29, 1.82) is 0 Å². The first-order chi connectivity index (χ1) is 16.7. The molecule has 1 aliphatic carbocycles. The lowest BCUT2D eigenvalue weighted by Crippen LogP contribution is -2.36. The maximum atomic E-state index is 13.7. The van der Waals surface area contributed by atoms with E-state index in [0.29, 0.717) is 6.08 Å². The second-order valence-electron chi connectivity index (χ2n) is 9.61. The minimum Gasteiger partial charge on any atom is -0.378 e. The lowest BCUT2D eigenvalue weighted by atomic mass is 9.73. The molecule has 3 unspecified atom stereocenters. The van der Waals surface area contributed by atoms with Gasteiger partial charge >= 0.3 is 12.4 Å². The number of allylic oxidation sites excluding steroid dienone is 3. The highest BCUT2D eigenvalue weighted by Gasteiger charge is 2.48. The van der Waals surface area contributed by atoms with Crippen molar-refractivity contribution < 1.29 is 31.4 Å². The maximum absolute atomic E-state index is 13.7. The van der Waals surface area contributed by atoms with Crippen molar-refractivity contribution >= 4 is 5.69 Å². The van der Waals surface area contributed by atoms with Gasteiger partial charge in [0.25, 0.3) is 0 Å². The fourth-order valence-electron chi connectivity index (χ4n) is 4.64. The van der Waals surface area contributed by atoms with Gasteiger partial charge in [-0.3, -0.25) is 0 Å². The van der Waals surface area contributed by atoms with E-state index in [-0.39, 0.29) is 28.7 Å². The highest BCUT2D eigenvalue weighted by molar-refractivity contribution is 5.54. The molecule has 3 atom stereocenters. The minimum absolute atomic E-state index is 0.193. The Labute approximate surface area is 207 Å². The van der Waals surface area contributed by atoms with Crippen molar-refractivity contribution in [1.82, 2.24) is 0 Å². The largest absolute Gasteiger partial charge is 0.416 e. The lowest BCUT2D eigenvalue weighted by molar-refractivity contribution is -0.163. The molecule has 0 aromatic heterocycles. The van der Waals surface area contributed by atoms with Crippen LogP contribution in [-0.2, 0) is 5.60 Å². The number of alkyl halides is 6. The average Bonchev–Trinajstić information content (AvgIpc) is 2.82. The van der Waals surface area contributed by atoms with E-state index in [0.717, 1.165) is 24.1 Å². The van der Waals surface area contributed by atoms with Crippen LogP contribution in [0.4, 0.5) is 32.0 Å². The molecular formula is C28H31F6NO. The predicted molar refractivity (Wildman–Crippen MR) is 130 cm³/mol. The van der Waals surface area contributed by atoms with Gasteiger partial charge in [-0.25, -0.2) is 0 Å². The van der Waals surface area contributed by atoms with Gasteiger partial charge in [0.05, 0.1) is 11.5 Å². The third-order valence-corrected chi connectivity index (χ3v) is 6.78. The number of nitrogens with zero attached hydrogens (tertiary/aromatic N) is 1. The van der Waals surface area contributed by atoms with Crippen LogP contribution in [0.5, 0.6) is 0 Å². The maximum Gasteiger partial charge on any atom is 0.416 e. The van der Waals surface area contributed by atoms with Crippen molar-refractivity contribution in [3.63, 3.8) is 0 Å². The van der Waals surface area contributed by atoms with Gasteiger partial charge < -0.3 is 10.0 Å². The van der Waals surface area contributed by atoms with E-state index >= 15 is 0 Å². The van der Waals surface area contributed by atoms with Gasteiger partial charge in [-0.2, -0.15) is 26.3 Å². The van der Waals surface area contributed by atoms with Crippen molar-refractivity contribution in [2.75, 3.05) is 19.0 Å². The van der Waals surface area contributed by atoms with Gasteiger partial charge in [-0.15, -0.1) is 0 Å². The van der Waals surface area contributed by atoms with Gasteiger partial charge in [-0.1, -0.05) is 62.7 Å². The summed E-state index contributed by atoms with van der Waals surface area (Å²) < 4.78 is 82.1. The molecule has 0 spiro atoms. The van der Waals surface area contributed by atoms with Crippen LogP contribution in [0.25, 0.3) is 0 Å². The summed E-state index contributed by atoms with van der Waals surface area (Å²) >= 11 is 0. The van der Waals surface area contributed by atoms with Crippen molar-refractivity contribution in [2.24, 2.45) is 5.92 Å². The summed E-state index contributed by atoms with van der Waals surface area (Å²) in [4.78, 5) is 1.80. The minimum atomic E-state index is -5.00. The molecule has 8 heteroatoms. The van der Waals surface area contributed by atoms with Crippen LogP contribution < -0.4 is 4.90 Å². The summed E-state index contributed by atoms with van der Waals surface area (Å²) in [5.41, 5.74) is -1.81. The Kier molecular flexibility index (Phi) is 7.98. The molecule has 0 saturated carbocycles. The zero-order chi connectivity index (χ0) is 26.9. The van der Waals surface area contributed by atoms with E-state index in [1.54, 1.807) is 55.4 Å². The summed E-state index contributed by atoms with van der Waals surface area (Å²) in [6, 6.07) is 13.2. The van der Waals surface area contributed by atoms with E-state index in [9.17, 15) is 31.4 Å². The molecule has 2 nitrogen and oxygen atoms in total. The van der Waals surface area contributed by atoms with E-state index in [4.69, 9.17) is 0 Å². The first-order valence-electron chi connectivity index (χ1n) is 11.8. The highest BCUT2D eigenvalue weighted by Crippen LogP contribution is 2.48. The Morgan fingerprint density at radius 2 is 1.44 bits per heavy atom. The molecule has 2 aromatic rings. The van der Waals surface area contributed by atoms with E-state index in [1.165, 1.54) is 12.1 Å². The zero-order valence-corrected chi connectivity index (χ0v) is 20.7. The molecule has 0 bridgehead atoms. The molecule has 0 saturated heterocycles. The van der Waals surface area contributed by atoms with Crippen molar-refractivity contribution in [3.8, 4) is 0 Å². The summed E-state index contributed by atoms with van der Waals surface area (Å²) in [7, 11) is 3.60. The van der Waals surface area contributed by atoms with Crippen LogP contribution in [-0.4, -0.2) is 31.6 Å². The number of rotatable bonds is 7. The van der Waals surface area contributed by atoms with Gasteiger partial charge in [0.1, 0.15) is 5.60 Å². The first-order valence-corrected chi connectivity index (χ1v) is 11.8. The second-order valence-corrected chi connectivity index (χ2v) is 9.61. The second kappa shape index (κ2) is 10.3. The number of aliphatic hydroxyl groups is 1. The van der Waals surface area contributed by atoms with Gasteiger partial charge in [0, 0.05) is 19.8 Å². The van der Waals surface area contributed by atoms with Crippen LogP contribution in [0, 0.1) is 5.92 Å². The van der Waals surface area contributed by atoms with Crippen LogP contribution in [0.15, 0.2) is 71.8 Å². The standard InChI is InChI=1S/C28H31F6NO/c1-5-6-18(2)19-7-9-20(10-8-19)26(36,21-11-13-25(14-12-21)35(3)4)22-15-23(27(29,30)31)17-24(16-22)28(32,33)34/h7-15,17-18,24,36H,5-6,16H2,1-4H3. The predicted octanol–water partition coefficient (Wildman–Crippen LogP) is 7.89. The van der Waals surface area contributed by atoms with E-state index in [1.807, 2.05) is 6.92 Å². The van der Waals surface area contributed by atoms with Crippen LogP contribution in [0.1, 0.15) is 55.7 Å². The molecule has 2 aromatic carbocycles. The Morgan fingerprint density at radius 1 is 0.917 bits per heavy atom. The number of benzene rings is 2. The van der Waals surface area contributed by atoms with E-state index in [2.05, 4.69) is 6.92 Å². The summed E-state index contributed by atoms with van der Waals surface area (Å²) in [6.07, 6.45) is -7.93. The third kappa shape index (κ3) is 5.80. The van der Waals surface area contributed by atoms with Gasteiger partial charge in [0.15, 0.2) is 0 Å². The Bertz CT molecular complexity index is 1100. The quantitative estimate of drug-likeness (QED) is 0.382. The topological polar surface area (TPSA) is 23.5 Å². The monoisotopic (exact) mass is 511 g/mol. The third-order valence-electron chi connectivity index (χ3n) is 6.78. The summed E-state index contributed by atoms with van der Waals surface area (Å²) in [5.74, 6) is -2.15. The van der Waals surface area contributed by atoms with Gasteiger partial charge in [-0.05, 0) is 59.2 Å². The van der Waals surface area contributed by atoms with Crippen molar-refractivity contribution in [2.45, 2.75) is 57.0 Å².